The molecule has 0 saturated carbocycles. The average molecular weight is 1610 g/mol. The minimum absolute atomic E-state index is 0. The van der Waals surface area contributed by atoms with Crippen LogP contribution >= 0.6 is 60.3 Å². The minimum Gasteiger partial charge on any atom is -0.870 e. The SMILES string of the molecule is N.NC(=O)Cc1cc(N)n(-c2ccccc2)n1.NCc1ccccc1.Nc1cc(CC(=O)CO)nn1-c1ccccc1.Nc1cc(CC(=O)O)nn1-c1ccccc1.O.O=P(Cl)(Cl)Cl.O=S(Cl)Cl.[C-]#[N+]CC#N.[C-]#[N+]Cc1cc(N)n(-c2ccccc2)n1.[C-]#[N+]Cc1nn(-c2ccccc2)c(N)c1C#N.[Na+].[OH-]. The predicted octanol–water partition coefficient (Wildman–Crippen LogP) is 7.33. The number of anilines is 5. The second kappa shape index (κ2) is 53.8. The Hall–Kier alpha value is -10.9. The van der Waals surface area contributed by atoms with Gasteiger partial charge in [-0.2, -0.15) is 36.0 Å². The number of para-hydroxylation sites is 5. The van der Waals surface area contributed by atoms with Gasteiger partial charge in [-0.1, -0.05) is 121 Å². The smallest absolute Gasteiger partial charge is 0.870 e. The molecule has 556 valence electrons. The fourth-order valence-corrected chi connectivity index (χ4v) is 8.10. The number of carboxylic acids is 1. The van der Waals surface area contributed by atoms with E-state index >= 15 is 0 Å². The first-order valence-electron chi connectivity index (χ1n) is 29.3. The molecule has 32 nitrogen and oxygen atoms in total. The van der Waals surface area contributed by atoms with Crippen molar-refractivity contribution in [2.45, 2.75) is 38.9 Å². The maximum Gasteiger partial charge on any atom is 1.00 e. The number of amides is 1. The van der Waals surface area contributed by atoms with Crippen molar-refractivity contribution in [2.24, 2.45) is 11.5 Å². The van der Waals surface area contributed by atoms with Crippen molar-refractivity contribution in [1.82, 2.24) is 55.1 Å². The summed E-state index contributed by atoms with van der Waals surface area (Å²) in [4.78, 5) is 41.6. The van der Waals surface area contributed by atoms with Gasteiger partial charge in [0.1, 0.15) is 59.1 Å². The number of nitrogens with zero attached hydrogens (tertiary/aromatic N) is 15. The molecule has 0 spiro atoms. The molecule has 0 bridgehead atoms. The summed E-state index contributed by atoms with van der Waals surface area (Å²) in [5.74, 6) is 0.608. The van der Waals surface area contributed by atoms with Crippen LogP contribution in [0.2, 0.25) is 0 Å². The van der Waals surface area contributed by atoms with Gasteiger partial charge < -0.3 is 82.0 Å². The number of hydrogen-bond acceptors (Lipinski definition) is 21. The summed E-state index contributed by atoms with van der Waals surface area (Å²) in [5, 5.41) is 51.7. The molecule has 0 atom stereocenters. The molecular formula is C67H72Cl5N23NaO9PS. The number of nitriles is 2. The van der Waals surface area contributed by atoms with Crippen LogP contribution in [0.15, 0.2) is 206 Å². The van der Waals surface area contributed by atoms with Crippen molar-refractivity contribution in [3.63, 3.8) is 0 Å². The number of primary amides is 1. The van der Waals surface area contributed by atoms with E-state index in [4.69, 9.17) is 84.8 Å². The van der Waals surface area contributed by atoms with Gasteiger partial charge in [0.05, 0.1) is 64.8 Å². The van der Waals surface area contributed by atoms with Gasteiger partial charge in [-0.3, -0.25) is 18.9 Å². The number of aliphatic carboxylic acids is 1. The van der Waals surface area contributed by atoms with Crippen LogP contribution in [0.25, 0.3) is 43.0 Å². The third kappa shape index (κ3) is 38.1. The Morgan fingerprint density at radius 2 is 0.832 bits per heavy atom. The van der Waals surface area contributed by atoms with Gasteiger partial charge in [0.15, 0.2) is 11.5 Å². The van der Waals surface area contributed by atoms with E-state index in [2.05, 4.69) is 95.1 Å². The first-order chi connectivity index (χ1) is 49.2. The summed E-state index contributed by atoms with van der Waals surface area (Å²) < 4.78 is 26.4. The van der Waals surface area contributed by atoms with Crippen molar-refractivity contribution in [2.75, 3.05) is 41.8 Å². The summed E-state index contributed by atoms with van der Waals surface area (Å²) in [6, 6.07) is 67.4. The zero-order valence-electron chi connectivity index (χ0n) is 56.9. The largest absolute Gasteiger partial charge is 1.00 e. The molecule has 0 unspecified atom stereocenters. The number of aliphatic hydroxyl groups excluding tert-OH is 1. The Balaban J connectivity index is 0. The normalized spacial score (nSPS) is 9.37. The summed E-state index contributed by atoms with van der Waals surface area (Å²) in [6.07, 6.45) is 0.0780. The monoisotopic (exact) mass is 1600 g/mol. The van der Waals surface area contributed by atoms with Crippen LogP contribution in [0.4, 0.5) is 29.1 Å². The van der Waals surface area contributed by atoms with Gasteiger partial charge in [0.2, 0.25) is 15.1 Å². The van der Waals surface area contributed by atoms with E-state index in [-0.39, 0.29) is 103 Å². The third-order valence-corrected chi connectivity index (χ3v) is 12.2. The van der Waals surface area contributed by atoms with Crippen LogP contribution in [-0.4, -0.2) is 105 Å². The molecule has 5 heterocycles. The first kappa shape index (κ1) is 98.1. The van der Waals surface area contributed by atoms with Crippen LogP contribution < -0.4 is 75.8 Å². The molecule has 11 rings (SSSR count). The van der Waals surface area contributed by atoms with E-state index in [9.17, 15) is 18.9 Å². The number of ketones is 1. The Kier molecular flexibility index (Phi) is 49.3. The second-order valence-electron chi connectivity index (χ2n) is 19.8. The fourth-order valence-electron chi connectivity index (χ4n) is 8.10. The third-order valence-electron chi connectivity index (χ3n) is 12.2. The molecule has 0 aliphatic heterocycles. The molecule has 6 aromatic carbocycles. The molecule has 1 amide bonds. The van der Waals surface area contributed by atoms with Gasteiger partial charge in [-0.15, -0.1) is 0 Å². The number of Topliss-reactive ketones (excluding diaryl/α,β-unsaturated/α-hetero) is 1. The summed E-state index contributed by atoms with van der Waals surface area (Å²) in [5.41, 5.74) is 47.8. The van der Waals surface area contributed by atoms with Gasteiger partial charge in [-0.05, 0) is 99.9 Å². The molecular weight excluding hydrogens is 1530 g/mol. The van der Waals surface area contributed by atoms with Crippen LogP contribution in [0.1, 0.15) is 39.6 Å². The van der Waals surface area contributed by atoms with E-state index in [1.807, 2.05) is 188 Å². The number of halogens is 5. The molecule has 22 N–H and O–H groups in total. The van der Waals surface area contributed by atoms with E-state index < -0.39 is 32.9 Å². The number of carboxylic acid groups (broad SMARTS) is 1. The van der Waals surface area contributed by atoms with Crippen LogP contribution in [0.5, 0.6) is 0 Å². The Morgan fingerprint density at radius 1 is 0.533 bits per heavy atom. The van der Waals surface area contributed by atoms with Crippen LogP contribution in [0.3, 0.4) is 0 Å². The van der Waals surface area contributed by atoms with Gasteiger partial charge >= 0.3 is 40.7 Å². The molecule has 0 saturated heterocycles. The van der Waals surface area contributed by atoms with Crippen molar-refractivity contribution < 1.29 is 73.9 Å². The predicted molar refractivity (Wildman–Crippen MR) is 412 cm³/mol. The summed E-state index contributed by atoms with van der Waals surface area (Å²) in [6.45, 7) is 20.1. The summed E-state index contributed by atoms with van der Waals surface area (Å²) >= 11 is 13.8. The van der Waals surface area contributed by atoms with Crippen molar-refractivity contribution in [3.05, 3.63) is 280 Å². The van der Waals surface area contributed by atoms with Crippen molar-refractivity contribution in [1.29, 1.82) is 10.5 Å². The number of aliphatic hydroxyl groups is 1. The number of aromatic nitrogens is 10. The molecule has 0 fully saturated rings. The minimum atomic E-state index is -3.22. The van der Waals surface area contributed by atoms with E-state index in [0.29, 0.717) is 58.3 Å². The van der Waals surface area contributed by atoms with Crippen LogP contribution in [-0.2, 0) is 67.1 Å². The molecule has 11 aromatic rings. The maximum atomic E-state index is 11.1. The molecule has 5 aromatic heterocycles. The van der Waals surface area contributed by atoms with Crippen molar-refractivity contribution >= 4 is 116 Å². The zero-order chi connectivity index (χ0) is 76.3. The molecule has 40 heteroatoms. The standard InChI is InChI=1S/C12H9N5.C12H13N3O2.C11H12N4O.C11H10N4.C11H11N3O2.C7H9N.C3H2N2.Cl3OP.Cl2OS.H3N.Na.2H2O/c1-15-8-11-10(7-13)12(14)17(16-11)9-5-3-2-4-6-9;13-12-7-9(6-11(17)8-16)14-15(12)10-4-2-1-3-5-10;12-10-6-8(7-11(13)16)14-15(10)9-4-2-1-3-5-9;1-13-8-9-7-11(12)15(14-9)10-5-3-2-4-6-10;12-10-6-8(7-11(15)16)13-14(10)9-4-2-1-3-5-9;8-6-7-4-2-1-3-5-7;1-5-3-2-4;1-5(2,3)4;1-4(2)3;;;;/h2-6H,8,14H2;1-5,7,16H,6,8,13H2;1-6H,7,12H2,(H2,13,16);2-7H,8,12H2;1-6H,7,12H2,(H,15,16);1-5H,6,8H2;3H2;;;1H3;;2*1H2/q;;;;;;;;;;+1;;/p-1. The molecule has 0 radical (unpaired) electrons. The topological polar surface area (TPSA) is 554 Å². The number of nitrogen functional groups attached to an aromatic ring is 5. The molecule has 107 heavy (non-hydrogen) atoms. The number of benzene rings is 6. The summed E-state index contributed by atoms with van der Waals surface area (Å²) in [7, 11) is 7.36. The Bertz CT molecular complexity index is 4620. The first-order valence-corrected chi connectivity index (χ1v) is 36.5. The van der Waals surface area contributed by atoms with E-state index in [1.54, 1.807) is 44.4 Å². The molecule has 0 aliphatic rings. The number of rotatable bonds is 15. The Labute approximate surface area is 663 Å². The zero-order valence-corrected chi connectivity index (χ0v) is 64.4. The number of nitrogens with two attached hydrogens (primary N) is 7. The number of carbonyl (C=O) groups excluding carboxylic acids is 2. The van der Waals surface area contributed by atoms with Gasteiger partial charge in [-0.25, -0.2) is 47.3 Å². The van der Waals surface area contributed by atoms with Gasteiger partial charge in [0.25, 0.3) is 19.6 Å². The Morgan fingerprint density at radius 3 is 1.09 bits per heavy atom. The fraction of sp³-hybridized carbons (Fsp3) is 0.119. The molecule has 0 aliphatic carbocycles. The number of carbonyl (C=O) groups is 3. The average Bonchev–Trinajstić information content (AvgIpc) is 1.57. The second-order valence-corrected chi connectivity index (χ2v) is 28.9. The number of hydrogen-bond donors (Lipinski definition) is 10. The van der Waals surface area contributed by atoms with Crippen molar-refractivity contribution in [3.8, 4) is 40.6 Å². The van der Waals surface area contributed by atoms with Gasteiger partial charge in [0, 0.05) is 52.2 Å². The van der Waals surface area contributed by atoms with E-state index in [1.165, 1.54) is 14.9 Å². The quantitative estimate of drug-likeness (QED) is 0.0158. The maximum absolute atomic E-state index is 11.1. The van der Waals surface area contributed by atoms with Crippen LogP contribution in [0, 0.1) is 42.4 Å². The van der Waals surface area contributed by atoms with E-state index in [0.717, 1.165) is 28.4 Å².